The van der Waals surface area contributed by atoms with Gasteiger partial charge in [0.1, 0.15) is 5.75 Å². The number of hydrogen-bond acceptors (Lipinski definition) is 6. The van der Waals surface area contributed by atoms with Crippen molar-refractivity contribution in [3.8, 4) is 5.75 Å². The van der Waals surface area contributed by atoms with Gasteiger partial charge >= 0.3 is 6.61 Å². The fraction of sp³-hybridized carbons (Fsp3) is 0.389. The summed E-state index contributed by atoms with van der Waals surface area (Å²) in [4.78, 5) is 37.4. The van der Waals surface area contributed by atoms with Gasteiger partial charge in [-0.15, -0.1) is 0 Å². The lowest BCUT2D eigenvalue weighted by molar-refractivity contribution is -0.125. The van der Waals surface area contributed by atoms with Crippen molar-refractivity contribution in [2.75, 3.05) is 20.2 Å². The van der Waals surface area contributed by atoms with Crippen LogP contribution in [0.2, 0.25) is 0 Å². The fourth-order valence-corrected chi connectivity index (χ4v) is 3.18. The van der Waals surface area contributed by atoms with Gasteiger partial charge in [-0.25, -0.2) is 0 Å². The van der Waals surface area contributed by atoms with Gasteiger partial charge in [-0.3, -0.25) is 19.3 Å². The first-order valence-electron chi connectivity index (χ1n) is 8.40. The highest BCUT2D eigenvalue weighted by Crippen LogP contribution is 2.32. The van der Waals surface area contributed by atoms with E-state index in [0.717, 1.165) is 16.7 Å². The molecule has 7 nitrogen and oxygen atoms in total. The maximum atomic E-state index is 12.4. The normalized spacial score (nSPS) is 16.8. The molecule has 0 radical (unpaired) electrons. The maximum absolute atomic E-state index is 12.4. The van der Waals surface area contributed by atoms with Crippen molar-refractivity contribution >= 4 is 34.9 Å². The predicted octanol–water partition coefficient (Wildman–Crippen LogP) is 2.87. The van der Waals surface area contributed by atoms with E-state index in [0.29, 0.717) is 5.56 Å². The zero-order valence-electron chi connectivity index (χ0n) is 15.3. The molecule has 152 valence electrons. The molecule has 0 aromatic heterocycles. The number of rotatable bonds is 9. The van der Waals surface area contributed by atoms with Gasteiger partial charge in [-0.1, -0.05) is 12.1 Å². The van der Waals surface area contributed by atoms with Gasteiger partial charge in [0.15, 0.2) is 0 Å². The number of hydrogen-bond donors (Lipinski definition) is 1. The summed E-state index contributed by atoms with van der Waals surface area (Å²) in [6.07, 6.45) is 1.46. The molecule has 1 fully saturated rings. The number of benzene rings is 1. The number of carbonyl (C=O) groups is 3. The lowest BCUT2D eigenvalue weighted by Crippen LogP contribution is -2.38. The fourth-order valence-electron chi connectivity index (χ4n) is 2.31. The van der Waals surface area contributed by atoms with Crippen LogP contribution in [-0.2, 0) is 14.3 Å². The summed E-state index contributed by atoms with van der Waals surface area (Å²) in [5.74, 6) is -0.704. The van der Waals surface area contributed by atoms with Crippen molar-refractivity contribution in [1.82, 2.24) is 10.2 Å². The molecule has 1 aliphatic rings. The summed E-state index contributed by atoms with van der Waals surface area (Å²) in [5.41, 5.74) is 0.564. The third-order valence-corrected chi connectivity index (χ3v) is 4.72. The Balaban J connectivity index is 1.91. The number of carbonyl (C=O) groups excluding carboxylic acids is 3. The van der Waals surface area contributed by atoms with Crippen molar-refractivity contribution in [2.24, 2.45) is 0 Å². The maximum Gasteiger partial charge on any atom is 0.387 e. The molecule has 0 saturated carbocycles. The number of imide groups is 1. The molecule has 1 heterocycles. The Bertz CT molecular complexity index is 755. The molecule has 28 heavy (non-hydrogen) atoms. The van der Waals surface area contributed by atoms with Crippen molar-refractivity contribution in [2.45, 2.75) is 26.1 Å². The van der Waals surface area contributed by atoms with E-state index in [2.05, 4.69) is 10.1 Å². The average molecular weight is 414 g/mol. The molecule has 10 heteroatoms. The van der Waals surface area contributed by atoms with Crippen LogP contribution in [0.1, 0.15) is 18.9 Å². The highest BCUT2D eigenvalue weighted by atomic mass is 32.2. The van der Waals surface area contributed by atoms with E-state index < -0.39 is 17.8 Å². The zero-order valence-corrected chi connectivity index (χ0v) is 16.1. The second-order valence-corrected chi connectivity index (χ2v) is 6.87. The molecule has 1 aliphatic heterocycles. The van der Waals surface area contributed by atoms with Gasteiger partial charge in [0.05, 0.1) is 17.4 Å². The molecule has 1 saturated heterocycles. The van der Waals surface area contributed by atoms with Crippen molar-refractivity contribution < 1.29 is 32.6 Å². The first kappa shape index (κ1) is 21.8. The number of amides is 3. The Morgan fingerprint density at radius 3 is 2.57 bits per heavy atom. The van der Waals surface area contributed by atoms with E-state index in [1.165, 1.54) is 37.5 Å². The highest BCUT2D eigenvalue weighted by Gasteiger charge is 2.34. The monoisotopic (exact) mass is 414 g/mol. The summed E-state index contributed by atoms with van der Waals surface area (Å²) in [6, 6.07) is 5.70. The Kier molecular flexibility index (Phi) is 7.94. The van der Waals surface area contributed by atoms with Gasteiger partial charge in [0.25, 0.3) is 11.1 Å². The lowest BCUT2D eigenvalue weighted by atomic mass is 10.2. The third-order valence-electron chi connectivity index (χ3n) is 3.81. The topological polar surface area (TPSA) is 84.9 Å². The molecular formula is C18H20F2N2O5S. The first-order valence-corrected chi connectivity index (χ1v) is 9.21. The van der Waals surface area contributed by atoms with Gasteiger partial charge in [0.2, 0.25) is 5.91 Å². The summed E-state index contributed by atoms with van der Waals surface area (Å²) in [5, 5.41) is 2.20. The van der Waals surface area contributed by atoms with Crippen LogP contribution in [0.5, 0.6) is 5.75 Å². The molecule has 1 atom stereocenters. The van der Waals surface area contributed by atoms with E-state index in [-0.39, 0.29) is 42.2 Å². The quantitative estimate of drug-likeness (QED) is 0.626. The van der Waals surface area contributed by atoms with E-state index in [9.17, 15) is 23.2 Å². The Morgan fingerprint density at radius 1 is 1.29 bits per heavy atom. The van der Waals surface area contributed by atoms with E-state index >= 15 is 0 Å². The Hall–Kier alpha value is -2.46. The average Bonchev–Trinajstić information content (AvgIpc) is 2.90. The lowest BCUT2D eigenvalue weighted by Gasteiger charge is -2.14. The van der Waals surface area contributed by atoms with Crippen LogP contribution in [0.4, 0.5) is 13.6 Å². The van der Waals surface area contributed by atoms with E-state index in [4.69, 9.17) is 4.74 Å². The molecule has 1 aromatic carbocycles. The van der Waals surface area contributed by atoms with Crippen LogP contribution in [0.3, 0.4) is 0 Å². The van der Waals surface area contributed by atoms with Gasteiger partial charge < -0.3 is 14.8 Å². The number of ether oxygens (including phenoxy) is 2. The second kappa shape index (κ2) is 10.2. The molecule has 1 aromatic rings. The summed E-state index contributed by atoms with van der Waals surface area (Å²) >= 11 is 0.779. The molecule has 1 N–H and O–H groups in total. The first-order chi connectivity index (χ1) is 13.3. The summed E-state index contributed by atoms with van der Waals surface area (Å²) in [7, 11) is 1.50. The van der Waals surface area contributed by atoms with Gasteiger partial charge in [0, 0.05) is 20.2 Å². The van der Waals surface area contributed by atoms with Crippen LogP contribution < -0.4 is 10.1 Å². The van der Waals surface area contributed by atoms with Crippen LogP contribution >= 0.6 is 11.8 Å². The Labute approximate surface area is 165 Å². The van der Waals surface area contributed by atoms with Gasteiger partial charge in [-0.05, 0) is 42.5 Å². The minimum atomic E-state index is -2.92. The molecule has 2 rings (SSSR count). The number of halogens is 2. The molecule has 0 bridgehead atoms. The number of nitrogens with one attached hydrogen (secondary N) is 1. The minimum Gasteiger partial charge on any atom is -0.435 e. The largest absolute Gasteiger partial charge is 0.435 e. The molecule has 0 spiro atoms. The molecule has 3 amide bonds. The van der Waals surface area contributed by atoms with Crippen molar-refractivity contribution in [3.05, 3.63) is 34.7 Å². The number of nitrogens with zero attached hydrogens (tertiary/aromatic N) is 1. The van der Waals surface area contributed by atoms with Crippen LogP contribution in [0.25, 0.3) is 6.08 Å². The molecule has 1 unspecified atom stereocenters. The van der Waals surface area contributed by atoms with E-state index in [1.54, 1.807) is 6.92 Å². The minimum absolute atomic E-state index is 0.00112. The summed E-state index contributed by atoms with van der Waals surface area (Å²) in [6.45, 7) is -0.968. The standard InChI is InChI=1S/C18H20F2N2O5S/c1-11(26-2)9-15(23)21-7-8-22-16(24)14(28-18(22)25)10-12-3-5-13(6-4-12)27-17(19)20/h3-6,10-11,17H,7-9H2,1-2H3,(H,21,23)/b14-10+. The second-order valence-electron chi connectivity index (χ2n) is 5.88. The van der Waals surface area contributed by atoms with Crippen LogP contribution in [0, 0.1) is 0 Å². The van der Waals surface area contributed by atoms with Gasteiger partial charge in [-0.2, -0.15) is 8.78 Å². The third kappa shape index (κ3) is 6.31. The van der Waals surface area contributed by atoms with E-state index in [1.807, 2.05) is 0 Å². The van der Waals surface area contributed by atoms with Crippen LogP contribution in [-0.4, -0.2) is 54.9 Å². The predicted molar refractivity (Wildman–Crippen MR) is 99.8 cm³/mol. The molecular weight excluding hydrogens is 394 g/mol. The number of thioether (sulfide) groups is 1. The zero-order chi connectivity index (χ0) is 20.7. The number of methoxy groups -OCH3 is 1. The molecule has 0 aliphatic carbocycles. The highest BCUT2D eigenvalue weighted by molar-refractivity contribution is 8.18. The number of alkyl halides is 2. The van der Waals surface area contributed by atoms with Crippen molar-refractivity contribution in [1.29, 1.82) is 0 Å². The SMILES string of the molecule is COC(C)CC(=O)NCCN1C(=O)S/C(=C/c2ccc(OC(F)F)cc2)C1=O. The summed E-state index contributed by atoms with van der Waals surface area (Å²) < 4.78 is 33.6. The smallest absolute Gasteiger partial charge is 0.387 e. The van der Waals surface area contributed by atoms with Crippen LogP contribution in [0.15, 0.2) is 29.2 Å². The van der Waals surface area contributed by atoms with Crippen molar-refractivity contribution in [3.63, 3.8) is 0 Å². The Morgan fingerprint density at radius 2 is 1.96 bits per heavy atom.